The van der Waals surface area contributed by atoms with E-state index in [1.54, 1.807) is 0 Å². The van der Waals surface area contributed by atoms with E-state index in [4.69, 9.17) is 15.2 Å². The van der Waals surface area contributed by atoms with Gasteiger partial charge in [-0.15, -0.1) is 6.58 Å². The van der Waals surface area contributed by atoms with Gasteiger partial charge >= 0.3 is 0 Å². The molecule has 4 heteroatoms. The number of hydrogen-bond donors (Lipinski definition) is 1. The molecule has 0 unspecified atom stereocenters. The lowest BCUT2D eigenvalue weighted by Gasteiger charge is -2.55. The topological polar surface area (TPSA) is 47.7 Å². The van der Waals surface area contributed by atoms with Crippen molar-refractivity contribution in [2.75, 3.05) is 39.9 Å². The van der Waals surface area contributed by atoms with Gasteiger partial charge in [-0.05, 0) is 38.3 Å². The van der Waals surface area contributed by atoms with Crippen LogP contribution in [-0.4, -0.2) is 50.6 Å². The van der Waals surface area contributed by atoms with Crippen molar-refractivity contribution in [2.45, 2.75) is 31.5 Å². The molecule has 2 aliphatic heterocycles. The average molecular weight is 280 g/mol. The zero-order valence-electron chi connectivity index (χ0n) is 12.6. The van der Waals surface area contributed by atoms with Crippen molar-refractivity contribution in [3.63, 3.8) is 0 Å². The fourth-order valence-electron chi connectivity index (χ4n) is 4.83. The lowest BCUT2D eigenvalue weighted by Crippen LogP contribution is -2.59. The van der Waals surface area contributed by atoms with Gasteiger partial charge in [-0.25, -0.2) is 0 Å². The molecule has 114 valence electrons. The number of hydrogen-bond acceptors (Lipinski definition) is 4. The van der Waals surface area contributed by atoms with Crippen molar-refractivity contribution >= 4 is 0 Å². The van der Waals surface area contributed by atoms with Crippen LogP contribution in [0.5, 0.6) is 0 Å². The highest BCUT2D eigenvalue weighted by Gasteiger charge is 2.54. The van der Waals surface area contributed by atoms with Gasteiger partial charge in [-0.3, -0.25) is 0 Å². The molecule has 1 aliphatic carbocycles. The Balaban J connectivity index is 1.86. The predicted molar refractivity (Wildman–Crippen MR) is 79.3 cm³/mol. The minimum Gasteiger partial charge on any atom is -0.348 e. The normalized spacial score (nSPS) is 40.7. The number of rotatable bonds is 3. The van der Waals surface area contributed by atoms with E-state index in [1.165, 1.54) is 13.0 Å². The van der Waals surface area contributed by atoms with Crippen molar-refractivity contribution in [1.29, 1.82) is 0 Å². The quantitative estimate of drug-likeness (QED) is 0.798. The van der Waals surface area contributed by atoms with Crippen LogP contribution in [0, 0.1) is 17.3 Å². The van der Waals surface area contributed by atoms with Gasteiger partial charge in [0.05, 0.1) is 13.2 Å². The largest absolute Gasteiger partial charge is 0.348 e. The van der Waals surface area contributed by atoms with Crippen molar-refractivity contribution in [3.05, 3.63) is 12.7 Å². The number of nitrogens with zero attached hydrogens (tertiary/aromatic N) is 1. The first-order chi connectivity index (χ1) is 9.63. The smallest absolute Gasteiger partial charge is 0.168 e. The van der Waals surface area contributed by atoms with E-state index in [0.29, 0.717) is 5.92 Å². The molecule has 1 saturated carbocycles. The van der Waals surface area contributed by atoms with E-state index in [2.05, 4.69) is 18.5 Å². The van der Waals surface area contributed by atoms with Crippen LogP contribution < -0.4 is 5.73 Å². The first kappa shape index (κ1) is 14.5. The monoisotopic (exact) mass is 280 g/mol. The zero-order valence-corrected chi connectivity index (χ0v) is 12.6. The van der Waals surface area contributed by atoms with Crippen LogP contribution in [-0.2, 0) is 9.47 Å². The molecule has 4 nitrogen and oxygen atoms in total. The van der Waals surface area contributed by atoms with Gasteiger partial charge in [0.25, 0.3) is 0 Å². The summed E-state index contributed by atoms with van der Waals surface area (Å²) in [6, 6.07) is 0. The van der Waals surface area contributed by atoms with Gasteiger partial charge in [0, 0.05) is 31.3 Å². The molecule has 0 aromatic rings. The van der Waals surface area contributed by atoms with Gasteiger partial charge in [-0.1, -0.05) is 6.08 Å². The Kier molecular flexibility index (Phi) is 3.93. The molecule has 1 spiro atoms. The lowest BCUT2D eigenvalue weighted by molar-refractivity contribution is -0.215. The Morgan fingerprint density at radius 2 is 2.15 bits per heavy atom. The summed E-state index contributed by atoms with van der Waals surface area (Å²) in [5, 5.41) is 0. The van der Waals surface area contributed by atoms with Crippen LogP contribution in [0.3, 0.4) is 0 Å². The summed E-state index contributed by atoms with van der Waals surface area (Å²) in [5.41, 5.74) is 6.37. The standard InChI is InChI=1S/C16H28N2O2/c1-3-5-15(11-17)12-18(2)10-13-4-6-16(9-14(13)15)19-7-8-20-16/h3,13-14H,1,4-12,17H2,2H3/t13-,14-,15+/m1/s1. The number of likely N-dealkylation sites (tertiary alicyclic amines) is 1. The molecule has 0 bridgehead atoms. The summed E-state index contributed by atoms with van der Waals surface area (Å²) < 4.78 is 11.9. The van der Waals surface area contributed by atoms with E-state index >= 15 is 0 Å². The molecular formula is C16H28N2O2. The molecule has 3 atom stereocenters. The summed E-state index contributed by atoms with van der Waals surface area (Å²) in [6.45, 7) is 8.42. The summed E-state index contributed by atoms with van der Waals surface area (Å²) in [5.74, 6) is 1.00. The van der Waals surface area contributed by atoms with Gasteiger partial charge < -0.3 is 20.1 Å². The third-order valence-electron chi connectivity index (χ3n) is 5.68. The molecule has 2 N–H and O–H groups in total. The fourth-order valence-corrected chi connectivity index (χ4v) is 4.83. The highest BCUT2D eigenvalue weighted by atomic mass is 16.7. The van der Waals surface area contributed by atoms with E-state index in [-0.39, 0.29) is 11.2 Å². The Morgan fingerprint density at radius 3 is 2.80 bits per heavy atom. The zero-order chi connectivity index (χ0) is 14.2. The molecule has 0 aromatic heterocycles. The summed E-state index contributed by atoms with van der Waals surface area (Å²) in [6.07, 6.45) is 6.27. The number of ether oxygens (including phenoxy) is 2. The minimum atomic E-state index is -0.307. The third-order valence-corrected chi connectivity index (χ3v) is 5.68. The second-order valence-electron chi connectivity index (χ2n) is 6.97. The molecule has 0 radical (unpaired) electrons. The van der Waals surface area contributed by atoms with Crippen molar-refractivity contribution in [2.24, 2.45) is 23.0 Å². The average Bonchev–Trinajstić information content (AvgIpc) is 2.88. The second-order valence-corrected chi connectivity index (χ2v) is 6.97. The first-order valence-corrected chi connectivity index (χ1v) is 7.90. The van der Waals surface area contributed by atoms with Crippen LogP contribution in [0.15, 0.2) is 12.7 Å². The number of nitrogens with two attached hydrogens (primary N) is 1. The van der Waals surface area contributed by atoms with Crippen molar-refractivity contribution in [1.82, 2.24) is 4.90 Å². The lowest BCUT2D eigenvalue weighted by atomic mass is 9.58. The van der Waals surface area contributed by atoms with Crippen molar-refractivity contribution in [3.8, 4) is 0 Å². The first-order valence-electron chi connectivity index (χ1n) is 7.90. The SMILES string of the molecule is C=CC[C@]1(CN)CN(C)C[C@H]2CCC3(C[C@H]21)OCCO3. The van der Waals surface area contributed by atoms with Crippen LogP contribution in [0.25, 0.3) is 0 Å². The highest BCUT2D eigenvalue weighted by Crippen LogP contribution is 2.52. The Hall–Kier alpha value is -0.420. The summed E-state index contributed by atoms with van der Waals surface area (Å²) >= 11 is 0. The van der Waals surface area contributed by atoms with Crippen LogP contribution in [0.1, 0.15) is 25.7 Å². The molecule has 3 rings (SSSR count). The molecule has 20 heavy (non-hydrogen) atoms. The fraction of sp³-hybridized carbons (Fsp3) is 0.875. The number of allylic oxidation sites excluding steroid dienone is 1. The second kappa shape index (κ2) is 5.41. The van der Waals surface area contributed by atoms with Crippen LogP contribution in [0.4, 0.5) is 0 Å². The molecule has 0 amide bonds. The maximum absolute atomic E-state index is 6.22. The third kappa shape index (κ3) is 2.33. The molecule has 0 aromatic carbocycles. The molecule has 2 heterocycles. The van der Waals surface area contributed by atoms with E-state index in [9.17, 15) is 0 Å². The molecule has 3 aliphatic rings. The van der Waals surface area contributed by atoms with E-state index < -0.39 is 0 Å². The van der Waals surface area contributed by atoms with Gasteiger partial charge in [-0.2, -0.15) is 0 Å². The highest BCUT2D eigenvalue weighted by molar-refractivity contribution is 5.04. The maximum Gasteiger partial charge on any atom is 0.168 e. The number of piperidine rings is 1. The van der Waals surface area contributed by atoms with Crippen LogP contribution in [0.2, 0.25) is 0 Å². The Bertz CT molecular complexity index is 367. The van der Waals surface area contributed by atoms with Gasteiger partial charge in [0.15, 0.2) is 5.79 Å². The Morgan fingerprint density at radius 1 is 1.40 bits per heavy atom. The summed E-state index contributed by atoms with van der Waals surface area (Å²) in [4.78, 5) is 2.45. The van der Waals surface area contributed by atoms with E-state index in [1.807, 2.05) is 6.08 Å². The molecule has 2 saturated heterocycles. The predicted octanol–water partition coefficient (Wildman–Crippen LogP) is 1.61. The maximum atomic E-state index is 6.22. The molecular weight excluding hydrogens is 252 g/mol. The Labute approximate surface area is 122 Å². The number of fused-ring (bicyclic) bond motifs is 1. The van der Waals surface area contributed by atoms with Gasteiger partial charge in [0.1, 0.15) is 0 Å². The van der Waals surface area contributed by atoms with Crippen molar-refractivity contribution < 1.29 is 9.47 Å². The van der Waals surface area contributed by atoms with Gasteiger partial charge in [0.2, 0.25) is 0 Å². The summed E-state index contributed by atoms with van der Waals surface area (Å²) in [7, 11) is 2.22. The van der Waals surface area contributed by atoms with Crippen LogP contribution >= 0.6 is 0 Å². The van der Waals surface area contributed by atoms with E-state index in [0.717, 1.165) is 51.5 Å². The molecule has 3 fully saturated rings. The minimum absolute atomic E-state index is 0.141.